The number of hydrogen-bond donors (Lipinski definition) is 2. The van der Waals surface area contributed by atoms with Crippen LogP contribution in [0.3, 0.4) is 0 Å². The number of pyridine rings is 1. The fraction of sp³-hybridized carbons (Fsp3) is 0.0645. The number of nitrogens with one attached hydrogen (secondary N) is 1. The third-order valence-electron chi connectivity index (χ3n) is 6.24. The first-order chi connectivity index (χ1) is 19.0. The monoisotopic (exact) mass is 515 g/mol. The third kappa shape index (κ3) is 5.80. The number of primary amides is 1. The van der Waals surface area contributed by atoms with Crippen molar-refractivity contribution in [1.29, 1.82) is 0 Å². The van der Waals surface area contributed by atoms with Gasteiger partial charge in [-0.15, -0.1) is 0 Å². The third-order valence-corrected chi connectivity index (χ3v) is 6.24. The summed E-state index contributed by atoms with van der Waals surface area (Å²) in [5.74, 6) is -2.31. The molecule has 3 aromatic carbocycles. The summed E-state index contributed by atoms with van der Waals surface area (Å²) in [5.41, 5.74) is 9.48. The van der Waals surface area contributed by atoms with E-state index in [4.69, 9.17) is 5.73 Å². The van der Waals surface area contributed by atoms with E-state index in [-0.39, 0.29) is 17.8 Å². The summed E-state index contributed by atoms with van der Waals surface area (Å²) in [4.78, 5) is 42.8. The number of carbonyl (C=O) groups is 3. The minimum atomic E-state index is -1.15. The molecule has 3 N–H and O–H groups in total. The molecule has 192 valence electrons. The molecule has 0 radical (unpaired) electrons. The number of Topliss-reactive ketones (excluding diaryl/α,β-unsaturated/α-hetero) is 1. The van der Waals surface area contributed by atoms with E-state index in [0.717, 1.165) is 16.7 Å². The Morgan fingerprint density at radius 1 is 0.795 bits per heavy atom. The molecule has 8 nitrogen and oxygen atoms in total. The van der Waals surface area contributed by atoms with Gasteiger partial charge in [-0.2, -0.15) is 5.10 Å². The Morgan fingerprint density at radius 3 is 2.05 bits per heavy atom. The lowest BCUT2D eigenvalue weighted by atomic mass is 10.0. The summed E-state index contributed by atoms with van der Waals surface area (Å²) < 4.78 is 1.52. The van der Waals surface area contributed by atoms with Gasteiger partial charge in [-0.05, 0) is 23.3 Å². The molecule has 39 heavy (non-hydrogen) atoms. The fourth-order valence-electron chi connectivity index (χ4n) is 4.27. The van der Waals surface area contributed by atoms with Gasteiger partial charge in [0.1, 0.15) is 6.04 Å². The quantitative estimate of drug-likeness (QED) is 0.288. The summed E-state index contributed by atoms with van der Waals surface area (Å²) >= 11 is 0. The molecule has 0 saturated carbocycles. The SMILES string of the molecule is NC(=O)C(=O)C(Cc1ccccc1)NC(=O)c1cc(-c2ccccc2)cnc1-n1ccc(-c2ccccc2)n1. The highest BCUT2D eigenvalue weighted by atomic mass is 16.2. The van der Waals surface area contributed by atoms with Crippen LogP contribution in [-0.2, 0) is 16.0 Å². The minimum absolute atomic E-state index is 0.107. The molecule has 8 heteroatoms. The smallest absolute Gasteiger partial charge is 0.287 e. The fourth-order valence-corrected chi connectivity index (χ4v) is 4.27. The van der Waals surface area contributed by atoms with Gasteiger partial charge in [0.05, 0.1) is 11.3 Å². The summed E-state index contributed by atoms with van der Waals surface area (Å²) in [6.45, 7) is 0. The maximum atomic E-state index is 13.7. The lowest BCUT2D eigenvalue weighted by Crippen LogP contribution is -2.47. The molecular formula is C31H25N5O3. The molecule has 0 fully saturated rings. The first-order valence-electron chi connectivity index (χ1n) is 12.3. The Morgan fingerprint density at radius 2 is 1.41 bits per heavy atom. The predicted octanol–water partition coefficient (Wildman–Crippen LogP) is 4.00. The van der Waals surface area contributed by atoms with Gasteiger partial charge in [-0.3, -0.25) is 14.4 Å². The van der Waals surface area contributed by atoms with Gasteiger partial charge in [0.15, 0.2) is 5.82 Å². The van der Waals surface area contributed by atoms with Crippen molar-refractivity contribution in [3.63, 3.8) is 0 Å². The largest absolute Gasteiger partial charge is 0.363 e. The standard InChI is InChI=1S/C31H25N5O3/c32-29(38)28(37)27(18-21-10-4-1-5-11-21)34-31(39)25-19-24(22-12-6-2-7-13-22)20-33-30(25)36-17-16-26(35-36)23-14-8-3-9-15-23/h1-17,19-20,27H,18H2,(H2,32,38)(H,34,39). The molecule has 2 heterocycles. The predicted molar refractivity (Wildman–Crippen MR) is 148 cm³/mol. The van der Waals surface area contributed by atoms with Crippen LogP contribution >= 0.6 is 0 Å². The van der Waals surface area contributed by atoms with Crippen molar-refractivity contribution in [2.24, 2.45) is 5.73 Å². The van der Waals surface area contributed by atoms with Crippen molar-refractivity contribution >= 4 is 17.6 Å². The number of carbonyl (C=O) groups excluding carboxylic acids is 3. The zero-order valence-electron chi connectivity index (χ0n) is 20.9. The van der Waals surface area contributed by atoms with Crippen LogP contribution in [-0.4, -0.2) is 38.4 Å². The van der Waals surface area contributed by atoms with Crippen LogP contribution in [0.2, 0.25) is 0 Å². The maximum absolute atomic E-state index is 13.7. The van der Waals surface area contributed by atoms with Crippen molar-refractivity contribution in [3.05, 3.63) is 127 Å². The second kappa shape index (κ2) is 11.4. The topological polar surface area (TPSA) is 120 Å². The van der Waals surface area contributed by atoms with Crippen LogP contribution in [0.25, 0.3) is 28.2 Å². The Bertz CT molecular complexity index is 1620. The molecule has 0 aliphatic rings. The Balaban J connectivity index is 1.54. The van der Waals surface area contributed by atoms with Crippen LogP contribution < -0.4 is 11.1 Å². The molecule has 0 bridgehead atoms. The lowest BCUT2D eigenvalue weighted by Gasteiger charge is -2.18. The van der Waals surface area contributed by atoms with E-state index in [1.54, 1.807) is 18.5 Å². The second-order valence-electron chi connectivity index (χ2n) is 8.92. The summed E-state index contributed by atoms with van der Waals surface area (Å²) in [6.07, 6.45) is 3.50. The van der Waals surface area contributed by atoms with Crippen molar-refractivity contribution < 1.29 is 14.4 Å². The van der Waals surface area contributed by atoms with Gasteiger partial charge < -0.3 is 11.1 Å². The Kier molecular flexibility index (Phi) is 7.36. The molecule has 1 atom stereocenters. The number of benzene rings is 3. The van der Waals surface area contributed by atoms with Crippen molar-refractivity contribution in [2.45, 2.75) is 12.5 Å². The number of amides is 2. The number of nitrogens with zero attached hydrogens (tertiary/aromatic N) is 3. The molecule has 2 amide bonds. The molecule has 5 rings (SSSR count). The first kappa shape index (κ1) is 25.3. The number of rotatable bonds is 9. The van der Waals surface area contributed by atoms with E-state index in [1.165, 1.54) is 4.68 Å². The van der Waals surface area contributed by atoms with Gasteiger partial charge in [-0.25, -0.2) is 9.67 Å². The van der Waals surface area contributed by atoms with E-state index in [1.807, 2.05) is 97.1 Å². The van der Waals surface area contributed by atoms with Gasteiger partial charge in [0.2, 0.25) is 5.78 Å². The number of aromatic nitrogens is 3. The van der Waals surface area contributed by atoms with Crippen LogP contribution in [0.4, 0.5) is 0 Å². The number of hydrogen-bond acceptors (Lipinski definition) is 5. The van der Waals surface area contributed by atoms with Crippen LogP contribution in [0.5, 0.6) is 0 Å². The molecular weight excluding hydrogens is 490 g/mol. The lowest BCUT2D eigenvalue weighted by molar-refractivity contribution is -0.137. The average Bonchev–Trinajstić information content (AvgIpc) is 3.48. The molecule has 0 aliphatic carbocycles. The van der Waals surface area contributed by atoms with Crippen LogP contribution in [0, 0.1) is 0 Å². The van der Waals surface area contributed by atoms with Gasteiger partial charge in [-0.1, -0.05) is 91.0 Å². The minimum Gasteiger partial charge on any atom is -0.363 e. The van der Waals surface area contributed by atoms with Crippen molar-refractivity contribution in [2.75, 3.05) is 0 Å². The number of ketones is 1. The second-order valence-corrected chi connectivity index (χ2v) is 8.92. The maximum Gasteiger partial charge on any atom is 0.287 e. The average molecular weight is 516 g/mol. The van der Waals surface area contributed by atoms with Crippen molar-refractivity contribution in [1.82, 2.24) is 20.1 Å². The normalized spacial score (nSPS) is 11.5. The highest BCUT2D eigenvalue weighted by Gasteiger charge is 2.27. The highest BCUT2D eigenvalue weighted by Crippen LogP contribution is 2.24. The Hall–Kier alpha value is -5.37. The van der Waals surface area contributed by atoms with Gasteiger partial charge in [0, 0.05) is 29.9 Å². The van der Waals surface area contributed by atoms with E-state index >= 15 is 0 Å². The summed E-state index contributed by atoms with van der Waals surface area (Å²) in [5, 5.41) is 7.36. The van der Waals surface area contributed by atoms with E-state index < -0.39 is 23.6 Å². The summed E-state index contributed by atoms with van der Waals surface area (Å²) in [7, 11) is 0. The van der Waals surface area contributed by atoms with E-state index in [2.05, 4.69) is 15.4 Å². The molecule has 0 aliphatic heterocycles. The van der Waals surface area contributed by atoms with Crippen LogP contribution in [0.1, 0.15) is 15.9 Å². The number of nitrogens with two attached hydrogens (primary N) is 1. The zero-order chi connectivity index (χ0) is 27.2. The molecule has 2 aromatic heterocycles. The molecule has 0 spiro atoms. The first-order valence-corrected chi connectivity index (χ1v) is 12.3. The Labute approximate surface area is 225 Å². The summed E-state index contributed by atoms with van der Waals surface area (Å²) in [6, 6.07) is 30.6. The van der Waals surface area contributed by atoms with Gasteiger partial charge in [0.25, 0.3) is 11.8 Å². The molecule has 5 aromatic rings. The van der Waals surface area contributed by atoms with Gasteiger partial charge >= 0.3 is 0 Å². The van der Waals surface area contributed by atoms with E-state index in [9.17, 15) is 14.4 Å². The van der Waals surface area contributed by atoms with E-state index in [0.29, 0.717) is 11.3 Å². The molecule has 0 saturated heterocycles. The van der Waals surface area contributed by atoms with Crippen molar-refractivity contribution in [3.8, 4) is 28.2 Å². The van der Waals surface area contributed by atoms with Crippen LogP contribution in [0.15, 0.2) is 116 Å². The molecule has 1 unspecified atom stereocenters. The highest BCUT2D eigenvalue weighted by molar-refractivity contribution is 6.38. The zero-order valence-corrected chi connectivity index (χ0v) is 20.9.